The predicted octanol–water partition coefficient (Wildman–Crippen LogP) is -0.245. The fourth-order valence-electron chi connectivity index (χ4n) is 1.90. The van der Waals surface area contributed by atoms with Gasteiger partial charge < -0.3 is 19.3 Å². The van der Waals surface area contributed by atoms with Crippen LogP contribution in [0, 0.1) is 5.92 Å². The molecule has 0 aromatic rings. The average Bonchev–Trinajstić information content (AvgIpc) is 2.49. The molecule has 0 amide bonds. The summed E-state index contributed by atoms with van der Waals surface area (Å²) in [5, 5.41) is 9.64. The topological polar surface area (TPSA) is 47.9 Å². The maximum Gasteiger partial charge on any atom is 0.165 e. The Hall–Kier alpha value is -0.160. The van der Waals surface area contributed by atoms with Crippen molar-refractivity contribution in [3.8, 4) is 0 Å². The lowest BCUT2D eigenvalue weighted by Gasteiger charge is -2.31. The van der Waals surface area contributed by atoms with Crippen LogP contribution in [0.3, 0.4) is 0 Å². The zero-order valence-electron chi connectivity index (χ0n) is 7.10. The number of hydrogen-bond acceptors (Lipinski definition) is 4. The average molecular weight is 174 g/mol. The van der Waals surface area contributed by atoms with Crippen molar-refractivity contribution in [2.24, 2.45) is 5.92 Å². The second kappa shape index (κ2) is 3.30. The zero-order valence-corrected chi connectivity index (χ0v) is 7.10. The highest BCUT2D eigenvalue weighted by Crippen LogP contribution is 2.32. The van der Waals surface area contributed by atoms with Crippen LogP contribution in [0.15, 0.2) is 0 Å². The van der Waals surface area contributed by atoms with Crippen molar-refractivity contribution in [2.75, 3.05) is 20.3 Å². The highest BCUT2D eigenvalue weighted by Gasteiger charge is 2.45. The molecule has 70 valence electrons. The van der Waals surface area contributed by atoms with E-state index in [9.17, 15) is 5.11 Å². The summed E-state index contributed by atoms with van der Waals surface area (Å²) >= 11 is 0. The van der Waals surface area contributed by atoms with Gasteiger partial charge in [0.2, 0.25) is 0 Å². The Morgan fingerprint density at radius 3 is 3.00 bits per heavy atom. The molecule has 0 radical (unpaired) electrons. The fraction of sp³-hybridized carbons (Fsp3) is 1.00. The first-order chi connectivity index (χ1) is 5.83. The van der Waals surface area contributed by atoms with E-state index in [2.05, 4.69) is 0 Å². The van der Waals surface area contributed by atoms with Crippen molar-refractivity contribution in [3.05, 3.63) is 0 Å². The van der Waals surface area contributed by atoms with E-state index in [1.54, 1.807) is 7.11 Å². The lowest BCUT2D eigenvalue weighted by Crippen LogP contribution is -2.42. The zero-order chi connectivity index (χ0) is 8.55. The molecule has 12 heavy (non-hydrogen) atoms. The number of rotatable bonds is 1. The summed E-state index contributed by atoms with van der Waals surface area (Å²) in [7, 11) is 1.64. The monoisotopic (exact) mass is 174 g/mol. The maximum atomic E-state index is 9.64. The first-order valence-electron chi connectivity index (χ1n) is 4.27. The molecule has 0 aromatic carbocycles. The van der Waals surface area contributed by atoms with Crippen LogP contribution < -0.4 is 0 Å². The Morgan fingerprint density at radius 1 is 1.42 bits per heavy atom. The molecule has 0 saturated carbocycles. The lowest BCUT2D eigenvalue weighted by atomic mass is 9.93. The molecule has 0 aliphatic carbocycles. The number of aliphatic hydroxyl groups is 1. The number of ether oxygens (including phenoxy) is 3. The summed E-state index contributed by atoms with van der Waals surface area (Å²) in [4.78, 5) is 0. The molecule has 0 spiro atoms. The van der Waals surface area contributed by atoms with Crippen LogP contribution in [0.25, 0.3) is 0 Å². The standard InChI is InChI=1S/C8H14O4/c1-10-6-4-12-8-7(6)5(9)2-3-11-8/h5-9H,2-4H2,1H3/t5-,6?,7?,8-/m0/s1. The first-order valence-corrected chi connectivity index (χ1v) is 4.27. The third-order valence-corrected chi connectivity index (χ3v) is 2.61. The van der Waals surface area contributed by atoms with E-state index in [-0.39, 0.29) is 24.4 Å². The highest BCUT2D eigenvalue weighted by molar-refractivity contribution is 4.87. The number of fused-ring (bicyclic) bond motifs is 1. The summed E-state index contributed by atoms with van der Waals surface area (Å²) < 4.78 is 15.9. The van der Waals surface area contributed by atoms with Gasteiger partial charge in [-0.05, 0) is 6.42 Å². The molecule has 4 atom stereocenters. The highest BCUT2D eigenvalue weighted by atomic mass is 16.7. The predicted molar refractivity (Wildman–Crippen MR) is 40.6 cm³/mol. The van der Waals surface area contributed by atoms with Gasteiger partial charge in [0, 0.05) is 7.11 Å². The smallest absolute Gasteiger partial charge is 0.165 e. The van der Waals surface area contributed by atoms with Gasteiger partial charge in [0.1, 0.15) is 0 Å². The molecule has 2 unspecified atom stereocenters. The molecule has 0 bridgehead atoms. The summed E-state index contributed by atoms with van der Waals surface area (Å²) in [6.07, 6.45) is 0.0879. The van der Waals surface area contributed by atoms with Crippen LogP contribution in [0.4, 0.5) is 0 Å². The Balaban J connectivity index is 2.06. The molecule has 0 aromatic heterocycles. The van der Waals surface area contributed by atoms with E-state index in [0.29, 0.717) is 19.6 Å². The van der Waals surface area contributed by atoms with Gasteiger partial charge in [0.05, 0.1) is 31.3 Å². The Morgan fingerprint density at radius 2 is 2.25 bits per heavy atom. The SMILES string of the molecule is COC1CO[C@@H]2OCC[C@H](O)C12. The van der Waals surface area contributed by atoms with Gasteiger partial charge in [-0.3, -0.25) is 0 Å². The van der Waals surface area contributed by atoms with Gasteiger partial charge in [-0.1, -0.05) is 0 Å². The molecule has 1 N–H and O–H groups in total. The molecule has 2 heterocycles. The van der Waals surface area contributed by atoms with Crippen LogP contribution in [0.5, 0.6) is 0 Å². The van der Waals surface area contributed by atoms with Crippen LogP contribution in [0.1, 0.15) is 6.42 Å². The maximum absolute atomic E-state index is 9.64. The van der Waals surface area contributed by atoms with Crippen molar-refractivity contribution in [2.45, 2.75) is 24.9 Å². The number of hydrogen-bond donors (Lipinski definition) is 1. The van der Waals surface area contributed by atoms with E-state index >= 15 is 0 Å². The molecule has 2 aliphatic rings. The first kappa shape index (κ1) is 8.44. The Bertz CT molecular complexity index is 155. The van der Waals surface area contributed by atoms with Crippen molar-refractivity contribution in [3.63, 3.8) is 0 Å². The minimum Gasteiger partial charge on any atom is -0.392 e. The van der Waals surface area contributed by atoms with Crippen LogP contribution in [0.2, 0.25) is 0 Å². The van der Waals surface area contributed by atoms with Gasteiger partial charge in [-0.2, -0.15) is 0 Å². The number of methoxy groups -OCH3 is 1. The Kier molecular flexibility index (Phi) is 2.32. The van der Waals surface area contributed by atoms with Gasteiger partial charge in [0.15, 0.2) is 6.29 Å². The van der Waals surface area contributed by atoms with Crippen LogP contribution in [-0.4, -0.2) is 43.9 Å². The minimum atomic E-state index is -0.337. The second-order valence-corrected chi connectivity index (χ2v) is 3.28. The molecule has 4 heteroatoms. The molecule has 4 nitrogen and oxygen atoms in total. The molecule has 2 aliphatic heterocycles. The van der Waals surface area contributed by atoms with Crippen molar-refractivity contribution < 1.29 is 19.3 Å². The molecular formula is C8H14O4. The largest absolute Gasteiger partial charge is 0.392 e. The fourth-order valence-corrected chi connectivity index (χ4v) is 1.90. The van der Waals surface area contributed by atoms with Gasteiger partial charge in [-0.15, -0.1) is 0 Å². The van der Waals surface area contributed by atoms with Crippen LogP contribution in [-0.2, 0) is 14.2 Å². The normalized spacial score (nSPS) is 47.5. The quantitative estimate of drug-likeness (QED) is 0.595. The summed E-state index contributed by atoms with van der Waals surface area (Å²) in [6.45, 7) is 1.11. The Labute approximate surface area is 71.4 Å². The van der Waals surface area contributed by atoms with Crippen molar-refractivity contribution in [1.29, 1.82) is 0 Å². The molecular weight excluding hydrogens is 160 g/mol. The van der Waals surface area contributed by atoms with Crippen molar-refractivity contribution in [1.82, 2.24) is 0 Å². The van der Waals surface area contributed by atoms with E-state index in [0.717, 1.165) is 0 Å². The summed E-state index contributed by atoms with van der Waals surface area (Å²) in [6, 6.07) is 0. The van der Waals surface area contributed by atoms with E-state index < -0.39 is 0 Å². The van der Waals surface area contributed by atoms with E-state index in [1.807, 2.05) is 0 Å². The van der Waals surface area contributed by atoms with Gasteiger partial charge in [0.25, 0.3) is 0 Å². The van der Waals surface area contributed by atoms with Gasteiger partial charge in [-0.25, -0.2) is 0 Å². The van der Waals surface area contributed by atoms with Crippen LogP contribution >= 0.6 is 0 Å². The molecule has 2 saturated heterocycles. The third kappa shape index (κ3) is 1.25. The van der Waals surface area contributed by atoms with E-state index in [4.69, 9.17) is 14.2 Å². The lowest BCUT2D eigenvalue weighted by molar-refractivity contribution is -0.184. The molecule has 2 rings (SSSR count). The van der Waals surface area contributed by atoms with Gasteiger partial charge >= 0.3 is 0 Å². The third-order valence-electron chi connectivity index (χ3n) is 2.61. The van der Waals surface area contributed by atoms with Crippen molar-refractivity contribution >= 4 is 0 Å². The molecule has 2 fully saturated rings. The minimum absolute atomic E-state index is 0.00347. The second-order valence-electron chi connectivity index (χ2n) is 3.28. The van der Waals surface area contributed by atoms with E-state index in [1.165, 1.54) is 0 Å². The number of aliphatic hydroxyl groups excluding tert-OH is 1. The summed E-state index contributed by atoms with van der Waals surface area (Å²) in [5.74, 6) is 0.00347. The summed E-state index contributed by atoms with van der Waals surface area (Å²) in [5.41, 5.74) is 0.